The molecular formula is C29H33ClFNO5S2. The van der Waals surface area contributed by atoms with Crippen LogP contribution in [0, 0.1) is 5.82 Å². The van der Waals surface area contributed by atoms with Crippen LogP contribution >= 0.6 is 11.6 Å². The normalized spacial score (nSPS) is 13.7. The van der Waals surface area contributed by atoms with Crippen LogP contribution < -0.4 is 5.56 Å². The van der Waals surface area contributed by atoms with E-state index < -0.39 is 37.0 Å². The Morgan fingerprint density at radius 3 is 2.31 bits per heavy atom. The Balaban J connectivity index is 2.30. The molecule has 0 saturated heterocycles. The number of carbonyl (C=O) groups is 1. The van der Waals surface area contributed by atoms with Crippen molar-refractivity contribution < 1.29 is 21.8 Å². The summed E-state index contributed by atoms with van der Waals surface area (Å²) in [7, 11) is -3.03. The maximum absolute atomic E-state index is 13.7. The molecule has 0 aliphatic carbocycles. The molecule has 0 aliphatic heterocycles. The Hall–Kier alpha value is -2.62. The molecule has 39 heavy (non-hydrogen) atoms. The van der Waals surface area contributed by atoms with E-state index in [0.717, 1.165) is 12.1 Å². The molecule has 6 nitrogen and oxygen atoms in total. The SMILES string of the molecule is CCS(=O)(=O)Cc1ccc(C(=O)c2ccc(F)cc2Cl)c(-c2cn(C)c(=O)cc2[C@H](C)C[S@@](=O)C(C)(C)C)c1. The number of sulfone groups is 1. The molecule has 0 saturated carbocycles. The van der Waals surface area contributed by atoms with Gasteiger partial charge >= 0.3 is 0 Å². The van der Waals surface area contributed by atoms with E-state index in [1.165, 1.54) is 22.8 Å². The molecule has 1 heterocycles. The number of ketones is 1. The predicted molar refractivity (Wildman–Crippen MR) is 156 cm³/mol. The zero-order chi connectivity index (χ0) is 29.3. The van der Waals surface area contributed by atoms with Crippen molar-refractivity contribution in [3.63, 3.8) is 0 Å². The second-order valence-corrected chi connectivity index (χ2v) is 15.6. The second-order valence-electron chi connectivity index (χ2n) is 10.6. The minimum Gasteiger partial charge on any atom is -0.318 e. The van der Waals surface area contributed by atoms with E-state index in [2.05, 4.69) is 0 Å². The van der Waals surface area contributed by atoms with Crippen molar-refractivity contribution in [1.82, 2.24) is 4.57 Å². The van der Waals surface area contributed by atoms with Gasteiger partial charge in [0.25, 0.3) is 5.56 Å². The number of rotatable bonds is 9. The average Bonchev–Trinajstić information content (AvgIpc) is 2.84. The van der Waals surface area contributed by atoms with Crippen molar-refractivity contribution >= 4 is 38.0 Å². The number of halogens is 2. The highest BCUT2D eigenvalue weighted by molar-refractivity contribution is 7.90. The molecule has 0 amide bonds. The summed E-state index contributed by atoms with van der Waals surface area (Å²) in [5, 5.41) is -0.0572. The van der Waals surface area contributed by atoms with E-state index in [4.69, 9.17) is 11.6 Å². The maximum Gasteiger partial charge on any atom is 0.250 e. The molecule has 0 bridgehead atoms. The van der Waals surface area contributed by atoms with Crippen molar-refractivity contribution in [2.75, 3.05) is 11.5 Å². The largest absolute Gasteiger partial charge is 0.318 e. The first-order valence-electron chi connectivity index (χ1n) is 12.5. The van der Waals surface area contributed by atoms with Crippen LogP contribution in [0.25, 0.3) is 11.1 Å². The minimum atomic E-state index is -3.38. The van der Waals surface area contributed by atoms with Gasteiger partial charge in [0.05, 0.1) is 10.8 Å². The van der Waals surface area contributed by atoms with Crippen LogP contribution in [-0.4, -0.2) is 39.2 Å². The number of pyridine rings is 1. The molecule has 210 valence electrons. The van der Waals surface area contributed by atoms with Gasteiger partial charge in [0.15, 0.2) is 15.6 Å². The molecule has 3 aromatic rings. The number of aromatic nitrogens is 1. The fourth-order valence-corrected chi connectivity index (χ4v) is 6.40. The Labute approximate surface area is 236 Å². The third-order valence-electron chi connectivity index (χ3n) is 6.50. The molecule has 1 aromatic heterocycles. The van der Waals surface area contributed by atoms with Crippen LogP contribution in [0.4, 0.5) is 4.39 Å². The lowest BCUT2D eigenvalue weighted by atomic mass is 9.88. The lowest BCUT2D eigenvalue weighted by Gasteiger charge is -2.23. The average molecular weight is 594 g/mol. The van der Waals surface area contributed by atoms with Crippen molar-refractivity contribution in [1.29, 1.82) is 0 Å². The maximum atomic E-state index is 13.7. The van der Waals surface area contributed by atoms with Gasteiger partial charge in [0.2, 0.25) is 0 Å². The van der Waals surface area contributed by atoms with Gasteiger partial charge in [-0.25, -0.2) is 12.8 Å². The van der Waals surface area contributed by atoms with Crippen LogP contribution in [0.1, 0.15) is 67.6 Å². The lowest BCUT2D eigenvalue weighted by molar-refractivity contribution is 0.103. The Morgan fingerprint density at radius 2 is 1.72 bits per heavy atom. The number of aryl methyl sites for hydroxylation is 1. The molecule has 0 radical (unpaired) electrons. The number of nitrogens with zero attached hydrogens (tertiary/aromatic N) is 1. The standard InChI is InChI=1S/C29H33ClFNO5S2/c1-7-39(36,37)17-19-8-10-21(28(34)22-11-9-20(31)13-26(22)30)24(12-19)25-15-32(6)27(33)14-23(25)18(2)16-38(35)29(3,4)5/h8-15,18H,7,16-17H2,1-6H3/t18-,38-/m1/s1. The number of carbonyl (C=O) groups excluding carboxylic acids is 1. The summed E-state index contributed by atoms with van der Waals surface area (Å²) >= 11 is 6.22. The first-order chi connectivity index (χ1) is 18.0. The first kappa shape index (κ1) is 30.9. The second kappa shape index (κ2) is 11.9. The highest BCUT2D eigenvalue weighted by atomic mass is 35.5. The number of benzene rings is 2. The molecule has 0 aliphatic rings. The van der Waals surface area contributed by atoms with Crippen LogP contribution in [-0.2, 0) is 33.4 Å². The highest BCUT2D eigenvalue weighted by Crippen LogP contribution is 2.35. The quantitative estimate of drug-likeness (QED) is 0.299. The van der Waals surface area contributed by atoms with E-state index in [9.17, 15) is 26.6 Å². The smallest absolute Gasteiger partial charge is 0.250 e. The van der Waals surface area contributed by atoms with Gasteiger partial charge < -0.3 is 4.57 Å². The van der Waals surface area contributed by atoms with Gasteiger partial charge in [0.1, 0.15) is 5.82 Å². The van der Waals surface area contributed by atoms with E-state index in [-0.39, 0.29) is 44.9 Å². The van der Waals surface area contributed by atoms with Crippen molar-refractivity contribution in [3.8, 4) is 11.1 Å². The van der Waals surface area contributed by atoms with E-state index in [1.807, 2.05) is 27.7 Å². The van der Waals surface area contributed by atoms with E-state index in [1.54, 1.807) is 32.3 Å². The Bertz CT molecular complexity index is 1610. The van der Waals surface area contributed by atoms with Crippen molar-refractivity contribution in [2.24, 2.45) is 7.05 Å². The predicted octanol–water partition coefficient (Wildman–Crippen LogP) is 5.66. The summed E-state index contributed by atoms with van der Waals surface area (Å²) in [4.78, 5) is 26.4. The summed E-state index contributed by atoms with van der Waals surface area (Å²) in [6.07, 6.45) is 1.60. The Morgan fingerprint density at radius 1 is 1.08 bits per heavy atom. The zero-order valence-electron chi connectivity index (χ0n) is 22.9. The molecule has 3 rings (SSSR count). The lowest BCUT2D eigenvalue weighted by Crippen LogP contribution is -2.27. The van der Waals surface area contributed by atoms with E-state index >= 15 is 0 Å². The van der Waals surface area contributed by atoms with Crippen LogP contribution in [0.5, 0.6) is 0 Å². The van der Waals surface area contributed by atoms with Gasteiger partial charge in [0, 0.05) is 63.1 Å². The topological polar surface area (TPSA) is 90.3 Å². The van der Waals surface area contributed by atoms with Gasteiger partial charge in [-0.1, -0.05) is 37.6 Å². The van der Waals surface area contributed by atoms with Crippen LogP contribution in [0.15, 0.2) is 53.5 Å². The number of hydrogen-bond acceptors (Lipinski definition) is 5. The summed E-state index contributed by atoms with van der Waals surface area (Å²) in [6.45, 7) is 9.06. The summed E-state index contributed by atoms with van der Waals surface area (Å²) in [6, 6.07) is 9.70. The molecular weight excluding hydrogens is 561 g/mol. The molecule has 0 spiro atoms. The van der Waals surface area contributed by atoms with Gasteiger partial charge in [-0.15, -0.1) is 0 Å². The summed E-state index contributed by atoms with van der Waals surface area (Å²) < 4.78 is 52.4. The molecule has 0 N–H and O–H groups in total. The monoisotopic (exact) mass is 593 g/mol. The van der Waals surface area contributed by atoms with Gasteiger partial charge in [-0.05, 0) is 67.6 Å². The summed E-state index contributed by atoms with van der Waals surface area (Å²) in [5.41, 5.74) is 2.02. The third-order valence-corrected chi connectivity index (χ3v) is 10.6. The third kappa shape index (κ3) is 7.32. The highest BCUT2D eigenvalue weighted by Gasteiger charge is 2.26. The van der Waals surface area contributed by atoms with E-state index in [0.29, 0.717) is 22.3 Å². The van der Waals surface area contributed by atoms with Crippen LogP contribution in [0.3, 0.4) is 0 Å². The molecule has 0 unspecified atom stereocenters. The van der Waals surface area contributed by atoms with Crippen molar-refractivity contribution in [2.45, 2.75) is 51.0 Å². The fraction of sp³-hybridized carbons (Fsp3) is 0.379. The van der Waals surface area contributed by atoms with Gasteiger partial charge in [-0.2, -0.15) is 0 Å². The van der Waals surface area contributed by atoms with Crippen molar-refractivity contribution in [3.05, 3.63) is 92.1 Å². The molecule has 2 atom stereocenters. The molecule has 0 fully saturated rings. The first-order valence-corrected chi connectivity index (χ1v) is 16.0. The zero-order valence-corrected chi connectivity index (χ0v) is 25.3. The molecule has 10 heteroatoms. The minimum absolute atomic E-state index is 0.0467. The Kier molecular flexibility index (Phi) is 9.40. The van der Waals surface area contributed by atoms with Crippen LogP contribution in [0.2, 0.25) is 5.02 Å². The molecule has 2 aromatic carbocycles. The fourth-order valence-electron chi connectivity index (χ4n) is 4.12. The number of hydrogen-bond donors (Lipinski definition) is 0. The van der Waals surface area contributed by atoms with Gasteiger partial charge in [-0.3, -0.25) is 13.8 Å². The summed E-state index contributed by atoms with van der Waals surface area (Å²) in [5.74, 6) is -1.39.